The van der Waals surface area contributed by atoms with Crippen LogP contribution in [0.5, 0.6) is 0 Å². The average molecular weight is 443 g/mol. The number of benzene rings is 3. The number of hydrogen-bond donors (Lipinski definition) is 2. The van der Waals surface area contributed by atoms with E-state index in [-0.39, 0.29) is 24.0 Å². The predicted octanol–water partition coefficient (Wildman–Crippen LogP) is 5.69. The Labute approximate surface area is 197 Å². The first-order chi connectivity index (χ1) is 16.0. The molecule has 0 heterocycles. The van der Waals surface area contributed by atoms with Gasteiger partial charge in [-0.3, -0.25) is 0 Å². The van der Waals surface area contributed by atoms with Gasteiger partial charge in [0.25, 0.3) is 0 Å². The van der Waals surface area contributed by atoms with Crippen molar-refractivity contribution >= 4 is 0 Å². The van der Waals surface area contributed by atoms with E-state index in [1.807, 2.05) is 18.2 Å². The number of aliphatic hydroxyl groups excluding tert-OH is 1. The maximum absolute atomic E-state index is 11.8. The third-order valence-electron chi connectivity index (χ3n) is 8.53. The molecule has 0 spiro atoms. The van der Waals surface area contributed by atoms with E-state index in [0.717, 1.165) is 42.4 Å². The number of fused-ring (bicyclic) bond motifs is 1. The highest BCUT2D eigenvalue weighted by Gasteiger charge is 2.59. The van der Waals surface area contributed by atoms with Crippen LogP contribution in [0.2, 0.25) is 0 Å². The van der Waals surface area contributed by atoms with Crippen LogP contribution in [0.4, 0.5) is 0 Å². The molecule has 172 valence electrons. The third kappa shape index (κ3) is 3.63. The Morgan fingerprint density at radius 1 is 0.788 bits per heavy atom. The summed E-state index contributed by atoms with van der Waals surface area (Å²) in [6, 6.07) is 31.3. The van der Waals surface area contributed by atoms with E-state index in [1.165, 1.54) is 0 Å². The second-order valence-corrected chi connectivity index (χ2v) is 10.1. The van der Waals surface area contributed by atoms with Crippen molar-refractivity contribution in [1.29, 1.82) is 0 Å². The zero-order chi connectivity index (χ0) is 22.9. The van der Waals surface area contributed by atoms with Crippen LogP contribution in [-0.4, -0.2) is 28.5 Å². The average Bonchev–Trinajstić information content (AvgIpc) is 3.14. The minimum Gasteiger partial charge on any atom is -0.396 e. The van der Waals surface area contributed by atoms with Crippen molar-refractivity contribution < 1.29 is 14.9 Å². The number of aliphatic hydroxyl groups is 2. The van der Waals surface area contributed by atoms with Gasteiger partial charge in [-0.25, -0.2) is 0 Å². The summed E-state index contributed by atoms with van der Waals surface area (Å²) in [5, 5.41) is 21.7. The molecule has 0 bridgehead atoms. The lowest BCUT2D eigenvalue weighted by molar-refractivity contribution is -0.167. The molecule has 3 heteroatoms. The highest BCUT2D eigenvalue weighted by molar-refractivity contribution is 5.47. The molecule has 0 aromatic heterocycles. The first kappa shape index (κ1) is 22.3. The molecule has 4 atom stereocenters. The summed E-state index contributed by atoms with van der Waals surface area (Å²) in [5.41, 5.74) is 1.43. The van der Waals surface area contributed by atoms with Gasteiger partial charge in [0.05, 0.1) is 11.7 Å². The predicted molar refractivity (Wildman–Crippen MR) is 131 cm³/mol. The number of hydrogen-bond acceptors (Lipinski definition) is 3. The molecule has 1 unspecified atom stereocenters. The Morgan fingerprint density at radius 3 is 1.73 bits per heavy atom. The van der Waals surface area contributed by atoms with Crippen LogP contribution in [0.15, 0.2) is 91.0 Å². The van der Waals surface area contributed by atoms with Gasteiger partial charge in [-0.2, -0.15) is 0 Å². The van der Waals surface area contributed by atoms with Gasteiger partial charge in [0.1, 0.15) is 5.60 Å². The Balaban J connectivity index is 1.59. The topological polar surface area (TPSA) is 49.7 Å². The summed E-state index contributed by atoms with van der Waals surface area (Å²) in [6.45, 7) is 2.31. The SMILES string of the molecule is C[C@]12CCC(OC(c3ccccc3)(c3ccccc3)c3ccccc3)C[C@@]1(O)CC[C@@H]2CO. The van der Waals surface area contributed by atoms with Crippen LogP contribution in [0.1, 0.15) is 55.7 Å². The van der Waals surface area contributed by atoms with Crippen LogP contribution >= 0.6 is 0 Å². The summed E-state index contributed by atoms with van der Waals surface area (Å²) < 4.78 is 7.20. The van der Waals surface area contributed by atoms with Gasteiger partial charge >= 0.3 is 0 Å². The highest BCUT2D eigenvalue weighted by Crippen LogP contribution is 2.59. The zero-order valence-electron chi connectivity index (χ0n) is 19.4. The molecule has 0 saturated heterocycles. The molecule has 2 aliphatic carbocycles. The molecule has 2 fully saturated rings. The molecule has 2 saturated carbocycles. The molecule has 3 nitrogen and oxygen atoms in total. The molecular formula is C30H34O3. The number of rotatable bonds is 6. The van der Waals surface area contributed by atoms with Crippen LogP contribution < -0.4 is 0 Å². The molecule has 33 heavy (non-hydrogen) atoms. The van der Waals surface area contributed by atoms with E-state index >= 15 is 0 Å². The van der Waals surface area contributed by atoms with Crippen LogP contribution in [0.25, 0.3) is 0 Å². The summed E-state index contributed by atoms with van der Waals surface area (Å²) >= 11 is 0. The van der Waals surface area contributed by atoms with E-state index < -0.39 is 11.2 Å². The Hall–Kier alpha value is -2.46. The van der Waals surface area contributed by atoms with Crippen molar-refractivity contribution in [2.75, 3.05) is 6.61 Å². The van der Waals surface area contributed by atoms with E-state index in [1.54, 1.807) is 0 Å². The Morgan fingerprint density at radius 2 is 1.27 bits per heavy atom. The van der Waals surface area contributed by atoms with E-state index in [9.17, 15) is 10.2 Å². The molecule has 0 aliphatic heterocycles. The summed E-state index contributed by atoms with van der Waals surface area (Å²) in [4.78, 5) is 0. The molecular weight excluding hydrogens is 408 g/mol. The fourth-order valence-corrected chi connectivity index (χ4v) is 6.47. The van der Waals surface area contributed by atoms with Crippen molar-refractivity contribution in [3.8, 4) is 0 Å². The third-order valence-corrected chi connectivity index (χ3v) is 8.53. The van der Waals surface area contributed by atoms with Crippen molar-refractivity contribution in [3.63, 3.8) is 0 Å². The van der Waals surface area contributed by atoms with Crippen molar-refractivity contribution in [2.24, 2.45) is 11.3 Å². The van der Waals surface area contributed by atoms with Gasteiger partial charge in [-0.15, -0.1) is 0 Å². The van der Waals surface area contributed by atoms with Crippen molar-refractivity contribution in [3.05, 3.63) is 108 Å². The Bertz CT molecular complexity index is 955. The molecule has 5 rings (SSSR count). The second kappa shape index (κ2) is 8.72. The molecule has 3 aromatic rings. The summed E-state index contributed by atoms with van der Waals surface area (Å²) in [5.74, 6) is 0.158. The number of ether oxygens (including phenoxy) is 1. The lowest BCUT2D eigenvalue weighted by atomic mass is 9.62. The maximum Gasteiger partial charge on any atom is 0.144 e. The maximum atomic E-state index is 11.8. The first-order valence-electron chi connectivity index (χ1n) is 12.2. The molecule has 0 radical (unpaired) electrons. The fourth-order valence-electron chi connectivity index (χ4n) is 6.47. The van der Waals surface area contributed by atoms with Gasteiger partial charge in [0.2, 0.25) is 0 Å². The van der Waals surface area contributed by atoms with E-state index in [2.05, 4.69) is 79.7 Å². The molecule has 3 aromatic carbocycles. The normalized spacial score (nSPS) is 29.5. The smallest absolute Gasteiger partial charge is 0.144 e. The zero-order valence-corrected chi connectivity index (χ0v) is 19.4. The van der Waals surface area contributed by atoms with Crippen LogP contribution in [-0.2, 0) is 10.3 Å². The molecule has 2 aliphatic rings. The highest BCUT2D eigenvalue weighted by atomic mass is 16.5. The largest absolute Gasteiger partial charge is 0.396 e. The van der Waals surface area contributed by atoms with Gasteiger partial charge in [-0.05, 0) is 48.3 Å². The van der Waals surface area contributed by atoms with Gasteiger partial charge in [-0.1, -0.05) is 97.9 Å². The monoisotopic (exact) mass is 442 g/mol. The van der Waals surface area contributed by atoms with Gasteiger partial charge in [0.15, 0.2) is 0 Å². The minimum atomic E-state index is -0.806. The van der Waals surface area contributed by atoms with Crippen molar-refractivity contribution in [1.82, 2.24) is 0 Å². The quantitative estimate of drug-likeness (QED) is 0.482. The van der Waals surface area contributed by atoms with Crippen LogP contribution in [0.3, 0.4) is 0 Å². The Kier molecular flexibility index (Phi) is 5.90. The molecule has 0 amide bonds. The standard InChI is InChI=1S/C30H34O3/c1-28-19-18-27(21-29(28,32)20-17-26(28)22-31)33-30(23-11-5-2-6-12-23,24-13-7-3-8-14-24)25-15-9-4-10-16-25/h2-16,26-27,31-32H,17-22H2,1H3/t26-,27?,28-,29+/m1/s1. The summed E-state index contributed by atoms with van der Waals surface area (Å²) in [6.07, 6.45) is 3.81. The van der Waals surface area contributed by atoms with Crippen molar-refractivity contribution in [2.45, 2.75) is 56.3 Å². The molecule has 2 N–H and O–H groups in total. The second-order valence-electron chi connectivity index (χ2n) is 10.1. The van der Waals surface area contributed by atoms with Gasteiger partial charge < -0.3 is 14.9 Å². The fraction of sp³-hybridized carbons (Fsp3) is 0.400. The lowest BCUT2D eigenvalue weighted by Crippen LogP contribution is -2.53. The van der Waals surface area contributed by atoms with Crippen LogP contribution in [0, 0.1) is 11.3 Å². The van der Waals surface area contributed by atoms with E-state index in [4.69, 9.17) is 4.74 Å². The minimum absolute atomic E-state index is 0.0962. The first-order valence-corrected chi connectivity index (χ1v) is 12.2. The lowest BCUT2D eigenvalue weighted by Gasteiger charge is -2.51. The summed E-state index contributed by atoms with van der Waals surface area (Å²) in [7, 11) is 0. The van der Waals surface area contributed by atoms with Gasteiger partial charge in [0, 0.05) is 18.4 Å². The van der Waals surface area contributed by atoms with E-state index in [0.29, 0.717) is 6.42 Å².